The molecule has 4 nitrogen and oxygen atoms in total. The molecule has 0 radical (unpaired) electrons. The zero-order valence-electron chi connectivity index (χ0n) is 10.9. The van der Waals surface area contributed by atoms with Crippen LogP contribution in [0, 0.1) is 5.92 Å². The molecule has 0 amide bonds. The van der Waals surface area contributed by atoms with Gasteiger partial charge in [0.05, 0.1) is 0 Å². The number of thiophene rings is 1. The van der Waals surface area contributed by atoms with Crippen molar-refractivity contribution in [3.05, 3.63) is 22.4 Å². The van der Waals surface area contributed by atoms with E-state index in [9.17, 15) is 8.42 Å². The van der Waals surface area contributed by atoms with E-state index in [2.05, 4.69) is 6.92 Å². The minimum Gasteiger partial charge on any atom is -0.195 e. The molecule has 6 heteroatoms. The molecule has 1 saturated heterocycles. The molecule has 1 fully saturated rings. The molecule has 1 aromatic heterocycles. The summed E-state index contributed by atoms with van der Waals surface area (Å²) >= 11 is 1.59. The van der Waals surface area contributed by atoms with Crippen molar-refractivity contribution >= 4 is 21.5 Å². The third-order valence-electron chi connectivity index (χ3n) is 3.30. The van der Waals surface area contributed by atoms with Crippen molar-refractivity contribution < 1.29 is 8.42 Å². The maximum atomic E-state index is 12.4. The Hall–Kier alpha value is -0.430. The largest absolute Gasteiger partial charge is 0.282 e. The Balaban J connectivity index is 2.05. The SMILES string of the molecule is C[C@H]1CCCN(S(=O)(=O)N(C)Cc2cccs2)C1. The van der Waals surface area contributed by atoms with Crippen LogP contribution in [-0.4, -0.2) is 37.2 Å². The highest BCUT2D eigenvalue weighted by Gasteiger charge is 2.30. The summed E-state index contributed by atoms with van der Waals surface area (Å²) in [5.74, 6) is 0.462. The molecule has 0 bridgehead atoms. The Morgan fingerprint density at radius 1 is 1.56 bits per heavy atom. The van der Waals surface area contributed by atoms with Gasteiger partial charge in [0.25, 0.3) is 10.2 Å². The van der Waals surface area contributed by atoms with Gasteiger partial charge in [-0.25, -0.2) is 0 Å². The van der Waals surface area contributed by atoms with Gasteiger partial charge < -0.3 is 0 Å². The molecule has 102 valence electrons. The topological polar surface area (TPSA) is 40.6 Å². The first-order valence-corrected chi connectivity index (χ1v) is 8.51. The number of piperidine rings is 1. The monoisotopic (exact) mass is 288 g/mol. The van der Waals surface area contributed by atoms with Gasteiger partial charge in [0, 0.05) is 31.6 Å². The van der Waals surface area contributed by atoms with Crippen molar-refractivity contribution in [2.75, 3.05) is 20.1 Å². The summed E-state index contributed by atoms with van der Waals surface area (Å²) in [5, 5.41) is 1.97. The first-order valence-electron chi connectivity index (χ1n) is 6.24. The summed E-state index contributed by atoms with van der Waals surface area (Å²) in [6.07, 6.45) is 2.09. The molecular weight excluding hydrogens is 268 g/mol. The smallest absolute Gasteiger partial charge is 0.195 e. The molecule has 1 aliphatic heterocycles. The van der Waals surface area contributed by atoms with Gasteiger partial charge in [-0.2, -0.15) is 17.0 Å². The Labute approximate surface area is 113 Å². The maximum absolute atomic E-state index is 12.4. The van der Waals surface area contributed by atoms with Crippen LogP contribution in [0.5, 0.6) is 0 Å². The van der Waals surface area contributed by atoms with Crippen molar-refractivity contribution in [1.82, 2.24) is 8.61 Å². The molecule has 0 aromatic carbocycles. The lowest BCUT2D eigenvalue weighted by Crippen LogP contribution is -2.45. The molecule has 0 unspecified atom stereocenters. The third kappa shape index (κ3) is 3.12. The summed E-state index contributed by atoms with van der Waals surface area (Å²) in [6.45, 7) is 3.88. The zero-order chi connectivity index (χ0) is 13.2. The minimum absolute atomic E-state index is 0.462. The van der Waals surface area contributed by atoms with Crippen LogP contribution in [0.4, 0.5) is 0 Å². The van der Waals surface area contributed by atoms with E-state index in [1.807, 2.05) is 17.5 Å². The van der Waals surface area contributed by atoms with E-state index in [0.29, 0.717) is 25.6 Å². The van der Waals surface area contributed by atoms with Gasteiger partial charge in [0.2, 0.25) is 0 Å². The van der Waals surface area contributed by atoms with Gasteiger partial charge in [0.1, 0.15) is 0 Å². The quantitative estimate of drug-likeness (QED) is 0.852. The highest BCUT2D eigenvalue weighted by Crippen LogP contribution is 2.21. The van der Waals surface area contributed by atoms with E-state index in [0.717, 1.165) is 17.7 Å². The van der Waals surface area contributed by atoms with Gasteiger partial charge in [0.15, 0.2) is 0 Å². The van der Waals surface area contributed by atoms with Crippen LogP contribution in [0.15, 0.2) is 17.5 Å². The molecule has 0 spiro atoms. The van der Waals surface area contributed by atoms with Crippen LogP contribution in [0.3, 0.4) is 0 Å². The van der Waals surface area contributed by atoms with E-state index in [-0.39, 0.29) is 0 Å². The van der Waals surface area contributed by atoms with Crippen molar-refractivity contribution in [2.45, 2.75) is 26.3 Å². The Morgan fingerprint density at radius 2 is 2.33 bits per heavy atom. The molecule has 1 aliphatic rings. The molecule has 0 N–H and O–H groups in total. The van der Waals surface area contributed by atoms with Gasteiger partial charge in [-0.15, -0.1) is 11.3 Å². The lowest BCUT2D eigenvalue weighted by atomic mass is 10.0. The van der Waals surface area contributed by atoms with Crippen LogP contribution >= 0.6 is 11.3 Å². The average Bonchev–Trinajstić information content (AvgIpc) is 2.81. The molecule has 0 aliphatic carbocycles. The van der Waals surface area contributed by atoms with Gasteiger partial charge in [-0.05, 0) is 30.2 Å². The summed E-state index contributed by atoms with van der Waals surface area (Å²) in [7, 11) is -1.64. The summed E-state index contributed by atoms with van der Waals surface area (Å²) < 4.78 is 27.9. The number of hydrogen-bond donors (Lipinski definition) is 0. The number of hydrogen-bond acceptors (Lipinski definition) is 3. The van der Waals surface area contributed by atoms with E-state index in [1.54, 1.807) is 22.7 Å². The van der Waals surface area contributed by atoms with Crippen molar-refractivity contribution in [1.29, 1.82) is 0 Å². The highest BCUT2D eigenvalue weighted by atomic mass is 32.2. The standard InChI is InChI=1S/C12H20N2O2S2/c1-11-5-3-7-14(9-11)18(15,16)13(2)10-12-6-4-8-17-12/h4,6,8,11H,3,5,7,9-10H2,1-2H3/t11-/m0/s1. The first-order chi connectivity index (χ1) is 8.50. The Kier molecular flexibility index (Phi) is 4.42. The normalized spacial score (nSPS) is 22.5. The second-order valence-corrected chi connectivity index (χ2v) is 8.02. The zero-order valence-corrected chi connectivity index (χ0v) is 12.5. The summed E-state index contributed by atoms with van der Waals surface area (Å²) in [4.78, 5) is 1.08. The second kappa shape index (κ2) is 5.69. The van der Waals surface area contributed by atoms with Gasteiger partial charge in [-0.1, -0.05) is 13.0 Å². The molecular formula is C12H20N2O2S2. The fraction of sp³-hybridized carbons (Fsp3) is 0.667. The second-order valence-electron chi connectivity index (χ2n) is 4.95. The molecule has 1 aromatic rings. The lowest BCUT2D eigenvalue weighted by molar-refractivity contribution is 0.263. The number of nitrogens with zero attached hydrogens (tertiary/aromatic N) is 2. The van der Waals surface area contributed by atoms with Crippen LogP contribution in [0.2, 0.25) is 0 Å². The predicted molar refractivity (Wildman–Crippen MR) is 74.7 cm³/mol. The maximum Gasteiger partial charge on any atom is 0.282 e. The Bertz CT molecular complexity index is 470. The van der Waals surface area contributed by atoms with Gasteiger partial charge in [-0.3, -0.25) is 0 Å². The highest BCUT2D eigenvalue weighted by molar-refractivity contribution is 7.86. The minimum atomic E-state index is -3.30. The van der Waals surface area contributed by atoms with Crippen LogP contribution in [0.1, 0.15) is 24.6 Å². The Morgan fingerprint density at radius 3 is 2.94 bits per heavy atom. The van der Waals surface area contributed by atoms with Crippen molar-refractivity contribution in [3.63, 3.8) is 0 Å². The first kappa shape index (κ1) is 14.0. The van der Waals surface area contributed by atoms with E-state index in [1.165, 1.54) is 4.31 Å². The van der Waals surface area contributed by atoms with E-state index >= 15 is 0 Å². The van der Waals surface area contributed by atoms with Gasteiger partial charge >= 0.3 is 0 Å². The van der Waals surface area contributed by atoms with Crippen molar-refractivity contribution in [3.8, 4) is 0 Å². The average molecular weight is 288 g/mol. The van der Waals surface area contributed by atoms with Crippen molar-refractivity contribution in [2.24, 2.45) is 5.92 Å². The van der Waals surface area contributed by atoms with Crippen LogP contribution in [0.25, 0.3) is 0 Å². The molecule has 1 atom stereocenters. The molecule has 18 heavy (non-hydrogen) atoms. The molecule has 2 heterocycles. The fourth-order valence-corrected chi connectivity index (χ4v) is 4.59. The lowest BCUT2D eigenvalue weighted by Gasteiger charge is -2.32. The summed E-state index contributed by atoms with van der Waals surface area (Å²) in [5.41, 5.74) is 0. The van der Waals surface area contributed by atoms with Crippen LogP contribution < -0.4 is 0 Å². The molecule has 0 saturated carbocycles. The van der Waals surface area contributed by atoms with Crippen LogP contribution in [-0.2, 0) is 16.8 Å². The third-order valence-corrected chi connectivity index (χ3v) is 6.06. The summed E-state index contributed by atoms with van der Waals surface area (Å²) in [6, 6.07) is 3.92. The van der Waals surface area contributed by atoms with E-state index in [4.69, 9.17) is 0 Å². The predicted octanol–water partition coefficient (Wildman–Crippen LogP) is 2.16. The molecule has 2 rings (SSSR count). The number of rotatable bonds is 4. The van der Waals surface area contributed by atoms with E-state index < -0.39 is 10.2 Å². The fourth-order valence-electron chi connectivity index (χ4n) is 2.26.